The average Bonchev–Trinajstić information content (AvgIpc) is 3.26. The van der Waals surface area contributed by atoms with Gasteiger partial charge in [-0.15, -0.1) is 5.10 Å². The van der Waals surface area contributed by atoms with Crippen molar-refractivity contribution in [2.45, 2.75) is 58.0 Å². The van der Waals surface area contributed by atoms with Crippen molar-refractivity contribution in [3.8, 4) is 5.75 Å². The molecule has 0 spiro atoms. The van der Waals surface area contributed by atoms with Crippen LogP contribution < -0.4 is 4.74 Å². The molecule has 1 unspecified atom stereocenters. The van der Waals surface area contributed by atoms with Crippen LogP contribution in [-0.4, -0.2) is 69.3 Å². The van der Waals surface area contributed by atoms with E-state index >= 15 is 0 Å². The Morgan fingerprint density at radius 3 is 2.38 bits per heavy atom. The van der Waals surface area contributed by atoms with E-state index in [1.54, 1.807) is 0 Å². The van der Waals surface area contributed by atoms with E-state index in [0.717, 1.165) is 44.3 Å². The van der Waals surface area contributed by atoms with Gasteiger partial charge in [0, 0.05) is 26.2 Å². The molecule has 7 nitrogen and oxygen atoms in total. The lowest BCUT2D eigenvalue weighted by Gasteiger charge is -2.39. The van der Waals surface area contributed by atoms with Crippen LogP contribution >= 0.6 is 0 Å². The van der Waals surface area contributed by atoms with E-state index in [-0.39, 0.29) is 6.04 Å². The van der Waals surface area contributed by atoms with E-state index in [1.165, 1.54) is 37.7 Å². The summed E-state index contributed by atoms with van der Waals surface area (Å²) in [5.41, 5.74) is 1.24. The van der Waals surface area contributed by atoms with Gasteiger partial charge >= 0.3 is 0 Å². The summed E-state index contributed by atoms with van der Waals surface area (Å²) in [5, 5.41) is 13.1. The van der Waals surface area contributed by atoms with Crippen LogP contribution in [0, 0.1) is 0 Å². The number of aromatic nitrogens is 4. The molecule has 158 valence electrons. The number of piperazine rings is 1. The first kappa shape index (κ1) is 20.3. The number of rotatable bonds is 7. The first-order valence-corrected chi connectivity index (χ1v) is 11.3. The van der Waals surface area contributed by atoms with E-state index in [2.05, 4.69) is 61.2 Å². The monoisotopic (exact) mass is 398 g/mol. The number of nitrogens with zero attached hydrogens (tertiary/aromatic N) is 6. The predicted octanol–water partition coefficient (Wildman–Crippen LogP) is 3.30. The van der Waals surface area contributed by atoms with Crippen LogP contribution in [0.15, 0.2) is 24.3 Å². The van der Waals surface area contributed by atoms with Crippen molar-refractivity contribution in [1.82, 2.24) is 30.0 Å². The third-order valence-electron chi connectivity index (χ3n) is 6.41. The summed E-state index contributed by atoms with van der Waals surface area (Å²) in [6.45, 7) is 10.3. The molecule has 0 bridgehead atoms. The van der Waals surface area contributed by atoms with Gasteiger partial charge in [-0.05, 0) is 54.4 Å². The lowest BCUT2D eigenvalue weighted by Crippen LogP contribution is -2.48. The highest BCUT2D eigenvalue weighted by molar-refractivity contribution is 5.32. The number of likely N-dealkylation sites (N-methyl/N-ethyl adjacent to an activating group) is 1. The second-order valence-electron chi connectivity index (χ2n) is 8.15. The minimum Gasteiger partial charge on any atom is -0.494 e. The molecule has 7 heteroatoms. The smallest absolute Gasteiger partial charge is 0.173 e. The zero-order valence-electron chi connectivity index (χ0n) is 17.8. The molecule has 0 radical (unpaired) electrons. The zero-order valence-corrected chi connectivity index (χ0v) is 17.8. The fourth-order valence-electron chi connectivity index (χ4n) is 4.74. The summed E-state index contributed by atoms with van der Waals surface area (Å²) >= 11 is 0. The van der Waals surface area contributed by atoms with E-state index in [1.807, 2.05) is 6.92 Å². The standard InChI is InChI=1S/C22H34N6O/c1-3-26-14-16-27(17-15-26)21(18-10-12-20(13-11-18)29-4-2)22-23-24-25-28(22)19-8-6-5-7-9-19/h10-13,19,21H,3-9,14-17H2,1-2H3. The highest BCUT2D eigenvalue weighted by Gasteiger charge is 2.32. The molecular formula is C22H34N6O. The number of benzene rings is 1. The quantitative estimate of drug-likeness (QED) is 0.713. The molecule has 2 aliphatic rings. The molecule has 1 saturated carbocycles. The normalized spacial score (nSPS) is 20.6. The van der Waals surface area contributed by atoms with Gasteiger partial charge in [-0.25, -0.2) is 4.68 Å². The summed E-state index contributed by atoms with van der Waals surface area (Å²) in [4.78, 5) is 5.06. The minimum atomic E-state index is 0.0848. The van der Waals surface area contributed by atoms with Crippen molar-refractivity contribution < 1.29 is 4.74 Å². The van der Waals surface area contributed by atoms with Crippen molar-refractivity contribution in [2.75, 3.05) is 39.3 Å². The van der Waals surface area contributed by atoms with E-state index < -0.39 is 0 Å². The van der Waals surface area contributed by atoms with Gasteiger partial charge in [0.25, 0.3) is 0 Å². The van der Waals surface area contributed by atoms with Crippen LogP contribution in [-0.2, 0) is 0 Å². The van der Waals surface area contributed by atoms with Crippen molar-refractivity contribution in [3.63, 3.8) is 0 Å². The maximum atomic E-state index is 5.66. The maximum Gasteiger partial charge on any atom is 0.173 e. The van der Waals surface area contributed by atoms with Crippen molar-refractivity contribution >= 4 is 0 Å². The lowest BCUT2D eigenvalue weighted by atomic mass is 9.95. The number of ether oxygens (including phenoxy) is 1. The van der Waals surface area contributed by atoms with Gasteiger partial charge < -0.3 is 9.64 Å². The third-order valence-corrected chi connectivity index (χ3v) is 6.41. The Labute approximate surface area is 174 Å². The van der Waals surface area contributed by atoms with Crippen LogP contribution in [0.5, 0.6) is 5.75 Å². The molecule has 29 heavy (non-hydrogen) atoms. The van der Waals surface area contributed by atoms with Gasteiger partial charge in [-0.2, -0.15) is 0 Å². The largest absolute Gasteiger partial charge is 0.494 e. The predicted molar refractivity (Wildman–Crippen MR) is 113 cm³/mol. The van der Waals surface area contributed by atoms with Crippen LogP contribution in [0.2, 0.25) is 0 Å². The van der Waals surface area contributed by atoms with Gasteiger partial charge in [0.1, 0.15) is 5.75 Å². The van der Waals surface area contributed by atoms with Gasteiger partial charge in [0.2, 0.25) is 0 Å². The Bertz CT molecular complexity index is 747. The molecule has 2 fully saturated rings. The van der Waals surface area contributed by atoms with Gasteiger partial charge in [0.15, 0.2) is 5.82 Å². The first-order chi connectivity index (χ1) is 14.3. The van der Waals surface area contributed by atoms with Gasteiger partial charge in [0.05, 0.1) is 18.7 Å². The Hall–Kier alpha value is -1.99. The van der Waals surface area contributed by atoms with Crippen molar-refractivity contribution in [3.05, 3.63) is 35.7 Å². The second kappa shape index (κ2) is 9.67. The SMILES string of the molecule is CCOc1ccc(C(c2nnnn2C2CCCCC2)N2CCN(CC)CC2)cc1. The highest BCUT2D eigenvalue weighted by atomic mass is 16.5. The van der Waals surface area contributed by atoms with E-state index in [9.17, 15) is 0 Å². The minimum absolute atomic E-state index is 0.0848. The average molecular weight is 399 g/mol. The molecule has 1 aliphatic carbocycles. The summed E-state index contributed by atoms with van der Waals surface area (Å²) < 4.78 is 7.79. The Morgan fingerprint density at radius 1 is 1.00 bits per heavy atom. The number of hydrogen-bond donors (Lipinski definition) is 0. The lowest BCUT2D eigenvalue weighted by molar-refractivity contribution is 0.107. The number of tetrazole rings is 1. The molecular weight excluding hydrogens is 364 g/mol. The molecule has 2 heterocycles. The van der Waals surface area contributed by atoms with E-state index in [4.69, 9.17) is 4.74 Å². The van der Waals surface area contributed by atoms with E-state index in [0.29, 0.717) is 12.6 Å². The van der Waals surface area contributed by atoms with Crippen LogP contribution in [0.25, 0.3) is 0 Å². The Balaban J connectivity index is 1.64. The molecule has 1 saturated heterocycles. The van der Waals surface area contributed by atoms with Crippen molar-refractivity contribution in [2.24, 2.45) is 0 Å². The molecule has 1 aromatic heterocycles. The zero-order chi connectivity index (χ0) is 20.1. The Morgan fingerprint density at radius 2 is 1.72 bits per heavy atom. The fraction of sp³-hybridized carbons (Fsp3) is 0.682. The fourth-order valence-corrected chi connectivity index (χ4v) is 4.74. The van der Waals surface area contributed by atoms with Crippen LogP contribution in [0.1, 0.15) is 69.4 Å². The number of hydrogen-bond acceptors (Lipinski definition) is 6. The third kappa shape index (κ3) is 4.61. The molecule has 1 aliphatic heterocycles. The van der Waals surface area contributed by atoms with Gasteiger partial charge in [-0.3, -0.25) is 4.90 Å². The maximum absolute atomic E-state index is 5.66. The summed E-state index contributed by atoms with van der Waals surface area (Å²) in [5.74, 6) is 1.91. The summed E-state index contributed by atoms with van der Waals surface area (Å²) in [6, 6.07) is 9.02. The molecule has 1 atom stereocenters. The second-order valence-corrected chi connectivity index (χ2v) is 8.15. The first-order valence-electron chi connectivity index (χ1n) is 11.3. The molecule has 1 aromatic carbocycles. The molecule has 0 N–H and O–H groups in total. The van der Waals surface area contributed by atoms with Crippen LogP contribution in [0.4, 0.5) is 0 Å². The molecule has 0 amide bonds. The van der Waals surface area contributed by atoms with Gasteiger partial charge in [-0.1, -0.05) is 38.3 Å². The molecule has 4 rings (SSSR count). The Kier molecular flexibility index (Phi) is 6.77. The van der Waals surface area contributed by atoms with Crippen molar-refractivity contribution in [1.29, 1.82) is 0 Å². The summed E-state index contributed by atoms with van der Waals surface area (Å²) in [7, 11) is 0. The summed E-state index contributed by atoms with van der Waals surface area (Å²) in [6.07, 6.45) is 6.23. The molecule has 2 aromatic rings. The topological polar surface area (TPSA) is 59.3 Å². The highest BCUT2D eigenvalue weighted by Crippen LogP contribution is 2.34. The van der Waals surface area contributed by atoms with Crippen LogP contribution in [0.3, 0.4) is 0 Å².